The topological polar surface area (TPSA) is 81.7 Å². The van der Waals surface area contributed by atoms with Crippen LogP contribution in [0.1, 0.15) is 40.5 Å². The Bertz CT molecular complexity index is 308. The van der Waals surface area contributed by atoms with E-state index >= 15 is 0 Å². The number of rotatable bonds is 8. The molecule has 6 nitrogen and oxygen atoms in total. The molecule has 0 aromatic rings. The highest BCUT2D eigenvalue weighted by molar-refractivity contribution is 5.85. The van der Waals surface area contributed by atoms with Crippen LogP contribution in [0.3, 0.4) is 0 Å². The van der Waals surface area contributed by atoms with Crippen molar-refractivity contribution in [3.63, 3.8) is 0 Å². The lowest BCUT2D eigenvalue weighted by Crippen LogP contribution is -2.55. The number of hydrogen-bond acceptors (Lipinski definition) is 3. The molecule has 0 spiro atoms. The van der Waals surface area contributed by atoms with Crippen molar-refractivity contribution in [2.24, 2.45) is 0 Å². The third kappa shape index (κ3) is 6.42. The Morgan fingerprint density at radius 2 is 1.95 bits per heavy atom. The van der Waals surface area contributed by atoms with E-state index in [4.69, 9.17) is 5.11 Å². The summed E-state index contributed by atoms with van der Waals surface area (Å²) in [6.45, 7) is 8.77. The summed E-state index contributed by atoms with van der Waals surface area (Å²) in [6, 6.07) is -0.0234. The first-order valence-corrected chi connectivity index (χ1v) is 6.72. The van der Waals surface area contributed by atoms with Crippen molar-refractivity contribution in [3.05, 3.63) is 0 Å². The maximum absolute atomic E-state index is 11.7. The summed E-state index contributed by atoms with van der Waals surface area (Å²) in [4.78, 5) is 25.0. The monoisotopic (exact) mass is 273 g/mol. The van der Waals surface area contributed by atoms with Gasteiger partial charge in [0, 0.05) is 19.1 Å². The molecule has 0 rings (SSSR count). The van der Waals surface area contributed by atoms with Crippen molar-refractivity contribution in [2.45, 2.75) is 52.1 Å². The lowest BCUT2D eigenvalue weighted by Gasteiger charge is -2.26. The van der Waals surface area contributed by atoms with Gasteiger partial charge in [0.25, 0.3) is 0 Å². The fourth-order valence-corrected chi connectivity index (χ4v) is 1.62. The first-order chi connectivity index (χ1) is 8.73. The number of carbonyl (C=O) groups excluding carboxylic acids is 1. The second-order valence-corrected chi connectivity index (χ2v) is 5.34. The van der Waals surface area contributed by atoms with Crippen LogP contribution in [-0.2, 0) is 4.79 Å². The molecular weight excluding hydrogens is 246 g/mol. The van der Waals surface area contributed by atoms with Gasteiger partial charge >= 0.3 is 12.0 Å². The summed E-state index contributed by atoms with van der Waals surface area (Å²) in [5.41, 5.74) is -1.21. The summed E-state index contributed by atoms with van der Waals surface area (Å²) in [5.74, 6) is -1.01. The smallest absolute Gasteiger partial charge is 0.329 e. The molecule has 6 heteroatoms. The average Bonchev–Trinajstić information content (AvgIpc) is 2.28. The highest BCUT2D eigenvalue weighted by Gasteiger charge is 2.33. The Balaban J connectivity index is 4.18. The largest absolute Gasteiger partial charge is 0.480 e. The summed E-state index contributed by atoms with van der Waals surface area (Å²) in [6.07, 6.45) is 1.10. The Labute approximate surface area is 115 Å². The van der Waals surface area contributed by atoms with Gasteiger partial charge in [-0.3, -0.25) is 0 Å². The molecule has 0 saturated heterocycles. The van der Waals surface area contributed by atoms with Gasteiger partial charge in [0.1, 0.15) is 5.54 Å². The van der Waals surface area contributed by atoms with Crippen molar-refractivity contribution in [1.29, 1.82) is 0 Å². The minimum Gasteiger partial charge on any atom is -0.480 e. The molecule has 0 aliphatic carbocycles. The summed E-state index contributed by atoms with van der Waals surface area (Å²) < 4.78 is 0. The van der Waals surface area contributed by atoms with E-state index in [1.165, 1.54) is 6.92 Å². The van der Waals surface area contributed by atoms with Crippen molar-refractivity contribution in [1.82, 2.24) is 15.5 Å². The fraction of sp³-hybridized carbons (Fsp3) is 0.846. The molecular formula is C13H27N3O3. The molecule has 0 heterocycles. The normalized spacial score (nSPS) is 14.3. The third-order valence-electron chi connectivity index (χ3n) is 3.24. The Morgan fingerprint density at radius 3 is 2.37 bits per heavy atom. The van der Waals surface area contributed by atoms with E-state index in [1.54, 1.807) is 0 Å². The number of aliphatic carboxylic acids is 1. The minimum absolute atomic E-state index is 0.404. The molecule has 19 heavy (non-hydrogen) atoms. The van der Waals surface area contributed by atoms with Crippen LogP contribution in [-0.4, -0.2) is 53.7 Å². The first-order valence-electron chi connectivity index (χ1n) is 6.72. The van der Waals surface area contributed by atoms with Gasteiger partial charge in [0.05, 0.1) is 0 Å². The van der Waals surface area contributed by atoms with Crippen LogP contribution in [0.5, 0.6) is 0 Å². The average molecular weight is 273 g/mol. The number of urea groups is 1. The van der Waals surface area contributed by atoms with E-state index in [-0.39, 0.29) is 0 Å². The van der Waals surface area contributed by atoms with Gasteiger partial charge in [-0.25, -0.2) is 9.59 Å². The van der Waals surface area contributed by atoms with Crippen LogP contribution in [0.4, 0.5) is 4.79 Å². The number of carboxylic acid groups (broad SMARTS) is 1. The number of likely N-dealkylation sites (N-methyl/N-ethyl adjacent to an activating group) is 1. The van der Waals surface area contributed by atoms with Gasteiger partial charge in [-0.15, -0.1) is 0 Å². The number of amides is 2. The van der Waals surface area contributed by atoms with Gasteiger partial charge in [-0.1, -0.05) is 13.3 Å². The molecule has 112 valence electrons. The highest BCUT2D eigenvalue weighted by atomic mass is 16.4. The first kappa shape index (κ1) is 17.7. The fourth-order valence-electron chi connectivity index (χ4n) is 1.62. The summed E-state index contributed by atoms with van der Waals surface area (Å²) in [5, 5.41) is 14.4. The Kier molecular flexibility index (Phi) is 7.44. The van der Waals surface area contributed by atoms with Crippen molar-refractivity contribution < 1.29 is 14.7 Å². The maximum Gasteiger partial charge on any atom is 0.329 e. The number of nitrogens with one attached hydrogen (secondary N) is 2. The molecule has 3 N–H and O–H groups in total. The van der Waals surface area contributed by atoms with Crippen molar-refractivity contribution >= 4 is 12.0 Å². The molecule has 1 atom stereocenters. The Hall–Kier alpha value is -1.30. The van der Waals surface area contributed by atoms with Gasteiger partial charge in [0.15, 0.2) is 0 Å². The molecule has 0 aliphatic heterocycles. The standard InChI is InChI=1S/C13H27N3O3/c1-6-7-13(4,11(17)18)15-12(19)14-8-9-16(5)10(2)3/h10H,6-9H2,1-5H3,(H,17,18)(H2,14,15,19). The zero-order valence-electron chi connectivity index (χ0n) is 12.6. The lowest BCUT2D eigenvalue weighted by atomic mass is 9.97. The van der Waals surface area contributed by atoms with E-state index in [1.807, 2.05) is 14.0 Å². The zero-order valence-corrected chi connectivity index (χ0v) is 12.6. The molecule has 0 bridgehead atoms. The second-order valence-electron chi connectivity index (χ2n) is 5.34. The summed E-state index contributed by atoms with van der Waals surface area (Å²) in [7, 11) is 1.97. The predicted octanol–water partition coefficient (Wildman–Crippen LogP) is 1.27. The van der Waals surface area contributed by atoms with Crippen LogP contribution in [0.15, 0.2) is 0 Å². The molecule has 0 saturated carbocycles. The molecule has 0 aromatic heterocycles. The van der Waals surface area contributed by atoms with Crippen molar-refractivity contribution in [2.75, 3.05) is 20.1 Å². The summed E-state index contributed by atoms with van der Waals surface area (Å²) >= 11 is 0. The maximum atomic E-state index is 11.7. The highest BCUT2D eigenvalue weighted by Crippen LogP contribution is 2.12. The molecule has 0 aromatic carbocycles. The predicted molar refractivity (Wildman–Crippen MR) is 75.2 cm³/mol. The lowest BCUT2D eigenvalue weighted by molar-refractivity contribution is -0.144. The molecule has 0 aliphatic rings. The minimum atomic E-state index is -1.21. The van der Waals surface area contributed by atoms with Gasteiger partial charge in [-0.2, -0.15) is 0 Å². The number of carboxylic acids is 1. The zero-order chi connectivity index (χ0) is 15.1. The van der Waals surface area contributed by atoms with Crippen LogP contribution in [0.25, 0.3) is 0 Å². The quantitative estimate of drug-likeness (QED) is 0.622. The second kappa shape index (κ2) is 7.99. The van der Waals surface area contributed by atoms with E-state index in [2.05, 4.69) is 29.4 Å². The van der Waals surface area contributed by atoms with Crippen LogP contribution in [0.2, 0.25) is 0 Å². The molecule has 0 radical (unpaired) electrons. The van der Waals surface area contributed by atoms with Crippen LogP contribution >= 0.6 is 0 Å². The van der Waals surface area contributed by atoms with Gasteiger partial charge < -0.3 is 20.6 Å². The number of carbonyl (C=O) groups is 2. The van der Waals surface area contributed by atoms with Gasteiger partial charge in [-0.05, 0) is 34.2 Å². The van der Waals surface area contributed by atoms with Gasteiger partial charge in [0.2, 0.25) is 0 Å². The molecule has 1 unspecified atom stereocenters. The van der Waals surface area contributed by atoms with E-state index in [9.17, 15) is 9.59 Å². The Morgan fingerprint density at radius 1 is 1.37 bits per heavy atom. The number of hydrogen-bond donors (Lipinski definition) is 3. The third-order valence-corrected chi connectivity index (χ3v) is 3.24. The van der Waals surface area contributed by atoms with E-state index < -0.39 is 17.5 Å². The molecule has 0 fully saturated rings. The van der Waals surface area contributed by atoms with Crippen molar-refractivity contribution in [3.8, 4) is 0 Å². The van der Waals surface area contributed by atoms with E-state index in [0.717, 1.165) is 6.54 Å². The van der Waals surface area contributed by atoms with Crippen LogP contribution < -0.4 is 10.6 Å². The van der Waals surface area contributed by atoms with E-state index in [0.29, 0.717) is 25.4 Å². The molecule has 2 amide bonds. The number of nitrogens with zero attached hydrogens (tertiary/aromatic N) is 1. The SMILES string of the molecule is CCCC(C)(NC(=O)NCCN(C)C(C)C)C(=O)O. The van der Waals surface area contributed by atoms with Crippen LogP contribution in [0, 0.1) is 0 Å².